The van der Waals surface area contributed by atoms with Crippen molar-refractivity contribution in [2.45, 2.75) is 19.9 Å². The van der Waals surface area contributed by atoms with Gasteiger partial charge in [-0.3, -0.25) is 14.2 Å². The third kappa shape index (κ3) is 4.26. The number of aromatic nitrogens is 2. The highest BCUT2D eigenvalue weighted by Gasteiger charge is 2.05. The number of halogens is 1. The van der Waals surface area contributed by atoms with Crippen LogP contribution in [0, 0.1) is 0 Å². The Balaban J connectivity index is 1.91. The van der Waals surface area contributed by atoms with Gasteiger partial charge in [-0.2, -0.15) is 0 Å². The van der Waals surface area contributed by atoms with Crippen molar-refractivity contribution >= 4 is 21.8 Å². The fourth-order valence-electron chi connectivity index (χ4n) is 1.82. The smallest absolute Gasteiger partial charge is 0.253 e. The molecular weight excluding hydrogens is 334 g/mol. The SMILES string of the molecule is CCc1cc(=O)n(CCNC(=O)c2ccc(Br)cc2)cn1. The van der Waals surface area contributed by atoms with Gasteiger partial charge in [0.15, 0.2) is 0 Å². The van der Waals surface area contributed by atoms with Gasteiger partial charge in [-0.05, 0) is 30.7 Å². The first-order valence-corrected chi connectivity index (χ1v) is 7.48. The summed E-state index contributed by atoms with van der Waals surface area (Å²) in [6.45, 7) is 2.73. The lowest BCUT2D eigenvalue weighted by atomic mass is 10.2. The minimum atomic E-state index is -0.159. The topological polar surface area (TPSA) is 64.0 Å². The summed E-state index contributed by atoms with van der Waals surface area (Å²) < 4.78 is 2.41. The number of carbonyl (C=O) groups is 1. The van der Waals surface area contributed by atoms with Crippen molar-refractivity contribution in [1.29, 1.82) is 0 Å². The maximum atomic E-state index is 11.9. The molecule has 5 nitrogen and oxygen atoms in total. The molecule has 0 saturated carbocycles. The Morgan fingerprint density at radius 3 is 2.67 bits per heavy atom. The summed E-state index contributed by atoms with van der Waals surface area (Å²) in [6, 6.07) is 8.63. The molecule has 110 valence electrons. The molecule has 6 heteroatoms. The Hall–Kier alpha value is -1.95. The van der Waals surface area contributed by atoms with Crippen molar-refractivity contribution in [2.75, 3.05) is 6.54 Å². The van der Waals surface area contributed by atoms with Crippen LogP contribution in [0.15, 0.2) is 45.9 Å². The van der Waals surface area contributed by atoms with Crippen LogP contribution in [0.4, 0.5) is 0 Å². The predicted molar refractivity (Wildman–Crippen MR) is 84.4 cm³/mol. The van der Waals surface area contributed by atoms with Crippen LogP contribution >= 0.6 is 15.9 Å². The Morgan fingerprint density at radius 2 is 2.05 bits per heavy atom. The number of nitrogens with one attached hydrogen (secondary N) is 1. The van der Waals surface area contributed by atoms with E-state index in [-0.39, 0.29) is 11.5 Å². The molecule has 0 fully saturated rings. The summed E-state index contributed by atoms with van der Waals surface area (Å²) in [7, 11) is 0. The number of hydrogen-bond donors (Lipinski definition) is 1. The second kappa shape index (κ2) is 7.17. The van der Waals surface area contributed by atoms with Gasteiger partial charge < -0.3 is 5.32 Å². The van der Waals surface area contributed by atoms with Crippen LogP contribution in [0.3, 0.4) is 0 Å². The lowest BCUT2D eigenvalue weighted by molar-refractivity contribution is 0.0952. The largest absolute Gasteiger partial charge is 0.350 e. The van der Waals surface area contributed by atoms with E-state index in [1.165, 1.54) is 17.0 Å². The lowest BCUT2D eigenvalue weighted by Gasteiger charge is -2.08. The van der Waals surface area contributed by atoms with Crippen LogP contribution < -0.4 is 10.9 Å². The molecule has 0 unspecified atom stereocenters. The molecule has 2 rings (SSSR count). The predicted octanol–water partition coefficient (Wildman–Crippen LogP) is 2.00. The van der Waals surface area contributed by atoms with E-state index in [9.17, 15) is 9.59 Å². The standard InChI is InChI=1S/C15H16BrN3O2/c1-2-13-9-14(20)19(10-18-13)8-7-17-15(21)11-3-5-12(16)6-4-11/h3-6,9-10H,2,7-8H2,1H3,(H,17,21). The monoisotopic (exact) mass is 349 g/mol. The molecule has 0 spiro atoms. The van der Waals surface area contributed by atoms with Gasteiger partial charge in [0.05, 0.1) is 6.33 Å². The zero-order valence-electron chi connectivity index (χ0n) is 11.7. The molecule has 0 saturated heterocycles. The normalized spacial score (nSPS) is 10.4. The fraction of sp³-hybridized carbons (Fsp3) is 0.267. The van der Waals surface area contributed by atoms with E-state index in [0.29, 0.717) is 18.7 Å². The summed E-state index contributed by atoms with van der Waals surface area (Å²) in [5.74, 6) is -0.159. The van der Waals surface area contributed by atoms with Crippen molar-refractivity contribution in [1.82, 2.24) is 14.9 Å². The fourth-order valence-corrected chi connectivity index (χ4v) is 2.08. The highest BCUT2D eigenvalue weighted by atomic mass is 79.9. The van der Waals surface area contributed by atoms with Crippen LogP contribution in [0.1, 0.15) is 23.0 Å². The van der Waals surface area contributed by atoms with Gasteiger partial charge in [0.2, 0.25) is 0 Å². The van der Waals surface area contributed by atoms with E-state index in [1.807, 2.05) is 19.1 Å². The van der Waals surface area contributed by atoms with Crippen molar-refractivity contribution in [3.05, 3.63) is 62.7 Å². The van der Waals surface area contributed by atoms with E-state index in [1.54, 1.807) is 12.1 Å². The van der Waals surface area contributed by atoms with E-state index >= 15 is 0 Å². The van der Waals surface area contributed by atoms with E-state index in [0.717, 1.165) is 16.6 Å². The van der Waals surface area contributed by atoms with Crippen molar-refractivity contribution in [3.63, 3.8) is 0 Å². The number of carbonyl (C=O) groups excluding carboxylic acids is 1. The molecule has 2 aromatic rings. The molecule has 1 N–H and O–H groups in total. The van der Waals surface area contributed by atoms with Crippen molar-refractivity contribution in [2.24, 2.45) is 0 Å². The maximum absolute atomic E-state index is 11.9. The molecule has 1 aromatic heterocycles. The zero-order chi connectivity index (χ0) is 15.2. The first-order chi connectivity index (χ1) is 10.1. The third-order valence-electron chi connectivity index (χ3n) is 3.04. The molecular formula is C15H16BrN3O2. The molecule has 1 heterocycles. The quantitative estimate of drug-likeness (QED) is 0.897. The van der Waals surface area contributed by atoms with Gasteiger partial charge in [-0.15, -0.1) is 0 Å². The molecule has 1 aromatic carbocycles. The number of nitrogens with zero attached hydrogens (tertiary/aromatic N) is 2. The minimum absolute atomic E-state index is 0.0975. The molecule has 0 bridgehead atoms. The van der Waals surface area contributed by atoms with E-state index < -0.39 is 0 Å². The lowest BCUT2D eigenvalue weighted by Crippen LogP contribution is -2.31. The Morgan fingerprint density at radius 1 is 1.33 bits per heavy atom. The van der Waals surface area contributed by atoms with Gasteiger partial charge in [0, 0.05) is 34.9 Å². The Bertz CT molecular complexity index is 680. The van der Waals surface area contributed by atoms with Crippen LogP contribution in [-0.2, 0) is 13.0 Å². The van der Waals surface area contributed by atoms with Crippen molar-refractivity contribution in [3.8, 4) is 0 Å². The first-order valence-electron chi connectivity index (χ1n) is 6.69. The van der Waals surface area contributed by atoms with Gasteiger partial charge in [0.1, 0.15) is 0 Å². The summed E-state index contributed by atoms with van der Waals surface area (Å²) in [4.78, 5) is 27.9. The van der Waals surface area contributed by atoms with Crippen molar-refractivity contribution < 1.29 is 4.79 Å². The number of amides is 1. The van der Waals surface area contributed by atoms with E-state index in [4.69, 9.17) is 0 Å². The van der Waals surface area contributed by atoms with E-state index in [2.05, 4.69) is 26.2 Å². The summed E-state index contributed by atoms with van der Waals surface area (Å²) in [5, 5.41) is 2.78. The first kappa shape index (κ1) is 15.4. The molecule has 21 heavy (non-hydrogen) atoms. The molecule has 1 amide bonds. The second-order valence-electron chi connectivity index (χ2n) is 4.53. The van der Waals surface area contributed by atoms with Crippen LogP contribution in [0.5, 0.6) is 0 Å². The average Bonchev–Trinajstić information content (AvgIpc) is 2.49. The summed E-state index contributed by atoms with van der Waals surface area (Å²) in [6.07, 6.45) is 2.25. The Kier molecular flexibility index (Phi) is 5.27. The molecule has 0 aliphatic carbocycles. The van der Waals surface area contributed by atoms with Crippen LogP contribution in [0.2, 0.25) is 0 Å². The van der Waals surface area contributed by atoms with Crippen LogP contribution in [0.25, 0.3) is 0 Å². The highest BCUT2D eigenvalue weighted by Crippen LogP contribution is 2.10. The number of benzene rings is 1. The molecule has 0 aliphatic rings. The average molecular weight is 350 g/mol. The summed E-state index contributed by atoms with van der Waals surface area (Å²) >= 11 is 3.32. The molecule has 0 atom stereocenters. The molecule has 0 radical (unpaired) electrons. The highest BCUT2D eigenvalue weighted by molar-refractivity contribution is 9.10. The number of hydrogen-bond acceptors (Lipinski definition) is 3. The van der Waals surface area contributed by atoms with Crippen LogP contribution in [-0.4, -0.2) is 22.0 Å². The molecule has 0 aliphatic heterocycles. The zero-order valence-corrected chi connectivity index (χ0v) is 13.3. The number of rotatable bonds is 5. The van der Waals surface area contributed by atoms with Gasteiger partial charge >= 0.3 is 0 Å². The minimum Gasteiger partial charge on any atom is -0.350 e. The van der Waals surface area contributed by atoms with Gasteiger partial charge in [-0.1, -0.05) is 22.9 Å². The van der Waals surface area contributed by atoms with Gasteiger partial charge in [0.25, 0.3) is 11.5 Å². The summed E-state index contributed by atoms with van der Waals surface area (Å²) in [5.41, 5.74) is 1.26. The Labute approximate surface area is 131 Å². The van der Waals surface area contributed by atoms with Gasteiger partial charge in [-0.25, -0.2) is 4.98 Å². The number of aryl methyl sites for hydroxylation is 1. The maximum Gasteiger partial charge on any atom is 0.253 e. The second-order valence-corrected chi connectivity index (χ2v) is 5.44. The third-order valence-corrected chi connectivity index (χ3v) is 3.57.